The van der Waals surface area contributed by atoms with E-state index in [0.29, 0.717) is 11.3 Å². The molecule has 0 saturated carbocycles. The monoisotopic (exact) mass is 267 g/mol. The van der Waals surface area contributed by atoms with E-state index in [0.717, 1.165) is 18.8 Å². The third-order valence-corrected chi connectivity index (χ3v) is 4.42. The quantitative estimate of drug-likeness (QED) is 0.766. The van der Waals surface area contributed by atoms with Gasteiger partial charge in [0.1, 0.15) is 5.82 Å². The highest BCUT2D eigenvalue weighted by molar-refractivity contribution is 8.00. The molecule has 2 nitrogen and oxygen atoms in total. The van der Waals surface area contributed by atoms with Gasteiger partial charge in [-0.15, -0.1) is 0 Å². The number of anilines is 1. The lowest BCUT2D eigenvalue weighted by Gasteiger charge is -2.39. The SMILES string of the molecule is CC(=O)c1ccc(N2CCSC(C)(C)C2)c(F)c1. The predicted molar refractivity (Wildman–Crippen MR) is 75.2 cm³/mol. The standard InChI is InChI=1S/C14H18FNOS/c1-10(17)11-4-5-13(12(15)8-11)16-6-7-18-14(2,3)9-16/h4-5,8H,6-7,9H2,1-3H3. The molecule has 1 saturated heterocycles. The van der Waals surface area contributed by atoms with Crippen molar-refractivity contribution in [1.82, 2.24) is 0 Å². The number of Topliss-reactive ketones (excluding diaryl/α,β-unsaturated/α-hetero) is 1. The van der Waals surface area contributed by atoms with Gasteiger partial charge in [0.15, 0.2) is 5.78 Å². The summed E-state index contributed by atoms with van der Waals surface area (Å²) < 4.78 is 14.2. The minimum absolute atomic E-state index is 0.102. The second-order valence-electron chi connectivity index (χ2n) is 5.25. The lowest BCUT2D eigenvalue weighted by atomic mass is 10.1. The summed E-state index contributed by atoms with van der Waals surface area (Å²) in [6, 6.07) is 4.76. The van der Waals surface area contributed by atoms with Crippen molar-refractivity contribution in [3.05, 3.63) is 29.6 Å². The lowest BCUT2D eigenvalue weighted by molar-refractivity contribution is 0.101. The molecule has 1 aliphatic heterocycles. The van der Waals surface area contributed by atoms with Crippen LogP contribution < -0.4 is 4.90 Å². The largest absolute Gasteiger partial charge is 0.367 e. The van der Waals surface area contributed by atoms with Crippen LogP contribution in [0.1, 0.15) is 31.1 Å². The van der Waals surface area contributed by atoms with Crippen molar-refractivity contribution >= 4 is 23.2 Å². The fraction of sp³-hybridized carbons (Fsp3) is 0.500. The van der Waals surface area contributed by atoms with E-state index in [-0.39, 0.29) is 16.3 Å². The number of hydrogen-bond acceptors (Lipinski definition) is 3. The maximum Gasteiger partial charge on any atom is 0.159 e. The number of benzene rings is 1. The molecule has 1 aromatic rings. The van der Waals surface area contributed by atoms with Gasteiger partial charge < -0.3 is 4.90 Å². The summed E-state index contributed by atoms with van der Waals surface area (Å²) in [6.45, 7) is 7.48. The van der Waals surface area contributed by atoms with Crippen LogP contribution in [0.3, 0.4) is 0 Å². The maximum atomic E-state index is 14.0. The third-order valence-electron chi connectivity index (χ3n) is 3.12. The topological polar surface area (TPSA) is 20.3 Å². The Morgan fingerprint density at radius 2 is 2.17 bits per heavy atom. The van der Waals surface area contributed by atoms with Gasteiger partial charge in [-0.1, -0.05) is 0 Å². The lowest BCUT2D eigenvalue weighted by Crippen LogP contribution is -2.43. The van der Waals surface area contributed by atoms with Crippen molar-refractivity contribution in [3.63, 3.8) is 0 Å². The summed E-state index contributed by atoms with van der Waals surface area (Å²) in [5, 5.41) is 0. The smallest absolute Gasteiger partial charge is 0.159 e. The van der Waals surface area contributed by atoms with E-state index in [4.69, 9.17) is 0 Å². The van der Waals surface area contributed by atoms with E-state index in [1.54, 1.807) is 12.1 Å². The molecule has 0 amide bonds. The molecule has 4 heteroatoms. The molecule has 18 heavy (non-hydrogen) atoms. The first-order valence-electron chi connectivity index (χ1n) is 6.08. The zero-order valence-electron chi connectivity index (χ0n) is 11.0. The molecule has 1 aliphatic rings. The van der Waals surface area contributed by atoms with Crippen molar-refractivity contribution in [1.29, 1.82) is 0 Å². The summed E-state index contributed by atoms with van der Waals surface area (Å²) in [6.07, 6.45) is 0. The number of carbonyl (C=O) groups is 1. The molecule has 0 aliphatic carbocycles. The Balaban J connectivity index is 2.26. The molecule has 0 unspecified atom stereocenters. The average Bonchev–Trinajstić information content (AvgIpc) is 2.27. The minimum Gasteiger partial charge on any atom is -0.367 e. The maximum absolute atomic E-state index is 14.0. The summed E-state index contributed by atoms with van der Waals surface area (Å²) in [5.74, 6) is 0.598. The Hall–Kier alpha value is -1.03. The molecule has 1 heterocycles. The molecular weight excluding hydrogens is 249 g/mol. The van der Waals surface area contributed by atoms with Crippen LogP contribution in [0.2, 0.25) is 0 Å². The first-order chi connectivity index (χ1) is 8.39. The van der Waals surface area contributed by atoms with Crippen LogP contribution >= 0.6 is 11.8 Å². The fourth-order valence-corrected chi connectivity index (χ4v) is 3.32. The molecule has 0 bridgehead atoms. The average molecular weight is 267 g/mol. The van der Waals surface area contributed by atoms with Gasteiger partial charge in [-0.3, -0.25) is 4.79 Å². The van der Waals surface area contributed by atoms with Gasteiger partial charge in [0.05, 0.1) is 5.69 Å². The van der Waals surface area contributed by atoms with Crippen molar-refractivity contribution in [2.75, 3.05) is 23.7 Å². The Labute approximate surface area is 112 Å². The number of ketones is 1. The zero-order valence-corrected chi connectivity index (χ0v) is 11.8. The second kappa shape index (κ2) is 4.92. The number of hydrogen-bond donors (Lipinski definition) is 0. The second-order valence-corrected chi connectivity index (χ2v) is 7.05. The van der Waals surface area contributed by atoms with Crippen LogP contribution in [0.4, 0.5) is 10.1 Å². The Morgan fingerprint density at radius 1 is 1.44 bits per heavy atom. The summed E-state index contributed by atoms with van der Waals surface area (Å²) in [4.78, 5) is 13.3. The number of thioether (sulfide) groups is 1. The first kappa shape index (κ1) is 13.4. The Kier molecular flexibility index (Phi) is 3.66. The van der Waals surface area contributed by atoms with Crippen LogP contribution in [0, 0.1) is 5.82 Å². The molecule has 0 aromatic heterocycles. The number of halogens is 1. The van der Waals surface area contributed by atoms with E-state index in [1.807, 2.05) is 11.8 Å². The highest BCUT2D eigenvalue weighted by Crippen LogP contribution is 2.33. The summed E-state index contributed by atoms with van der Waals surface area (Å²) in [5.41, 5.74) is 1.04. The van der Waals surface area contributed by atoms with Crippen LogP contribution in [-0.2, 0) is 0 Å². The van der Waals surface area contributed by atoms with Crippen molar-refractivity contribution in [2.24, 2.45) is 0 Å². The van der Waals surface area contributed by atoms with E-state index in [9.17, 15) is 9.18 Å². The van der Waals surface area contributed by atoms with Crippen LogP contribution in [0.15, 0.2) is 18.2 Å². The number of rotatable bonds is 2. The van der Waals surface area contributed by atoms with Gasteiger partial charge in [0.25, 0.3) is 0 Å². The van der Waals surface area contributed by atoms with Gasteiger partial charge in [0, 0.05) is 29.2 Å². The summed E-state index contributed by atoms with van der Waals surface area (Å²) >= 11 is 1.91. The zero-order chi connectivity index (χ0) is 13.3. The van der Waals surface area contributed by atoms with Gasteiger partial charge in [-0.2, -0.15) is 11.8 Å². The normalized spacial score (nSPS) is 18.8. The molecule has 2 rings (SSSR count). The number of nitrogens with zero attached hydrogens (tertiary/aromatic N) is 1. The Bertz CT molecular complexity index is 473. The molecule has 0 spiro atoms. The van der Waals surface area contributed by atoms with Crippen molar-refractivity contribution < 1.29 is 9.18 Å². The van der Waals surface area contributed by atoms with E-state index < -0.39 is 0 Å². The molecule has 1 fully saturated rings. The minimum atomic E-state index is -0.301. The van der Waals surface area contributed by atoms with E-state index in [1.165, 1.54) is 13.0 Å². The van der Waals surface area contributed by atoms with Crippen LogP contribution in [-0.4, -0.2) is 29.4 Å². The molecule has 0 radical (unpaired) electrons. The van der Waals surface area contributed by atoms with Crippen molar-refractivity contribution in [3.8, 4) is 0 Å². The highest BCUT2D eigenvalue weighted by Gasteiger charge is 2.28. The molecule has 1 aromatic carbocycles. The molecule has 0 atom stereocenters. The third kappa shape index (κ3) is 2.86. The van der Waals surface area contributed by atoms with E-state index >= 15 is 0 Å². The van der Waals surface area contributed by atoms with Gasteiger partial charge in [-0.05, 0) is 39.0 Å². The number of carbonyl (C=O) groups excluding carboxylic acids is 1. The predicted octanol–water partition coefficient (Wildman–Crippen LogP) is 3.36. The van der Waals surface area contributed by atoms with Gasteiger partial charge >= 0.3 is 0 Å². The van der Waals surface area contributed by atoms with Gasteiger partial charge in [0.2, 0.25) is 0 Å². The fourth-order valence-electron chi connectivity index (χ4n) is 2.20. The van der Waals surface area contributed by atoms with Crippen molar-refractivity contribution in [2.45, 2.75) is 25.5 Å². The summed E-state index contributed by atoms with van der Waals surface area (Å²) in [7, 11) is 0. The molecular formula is C14H18FNOS. The Morgan fingerprint density at radius 3 is 2.72 bits per heavy atom. The van der Waals surface area contributed by atoms with Gasteiger partial charge in [-0.25, -0.2) is 4.39 Å². The van der Waals surface area contributed by atoms with Crippen LogP contribution in [0.5, 0.6) is 0 Å². The highest BCUT2D eigenvalue weighted by atomic mass is 32.2. The van der Waals surface area contributed by atoms with Crippen LogP contribution in [0.25, 0.3) is 0 Å². The molecule has 0 N–H and O–H groups in total. The first-order valence-corrected chi connectivity index (χ1v) is 7.07. The van der Waals surface area contributed by atoms with E-state index in [2.05, 4.69) is 18.7 Å². The molecule has 98 valence electrons.